The number of rotatable bonds is 21. The van der Waals surface area contributed by atoms with E-state index in [0.717, 1.165) is 19.3 Å². The van der Waals surface area contributed by atoms with Crippen LogP contribution in [0, 0.1) is 5.92 Å². The molecule has 0 spiro atoms. The van der Waals surface area contributed by atoms with E-state index in [2.05, 4.69) is 19.1 Å². The number of aliphatic carboxylic acids is 2. The Balaban J connectivity index is 3.27. The molecule has 0 aromatic heterocycles. The first-order valence-corrected chi connectivity index (χ1v) is 11.7. The first kappa shape index (κ1) is 26.7. The zero-order chi connectivity index (χ0) is 20.9. The van der Waals surface area contributed by atoms with E-state index >= 15 is 0 Å². The average molecular weight is 397 g/mol. The molecule has 0 heterocycles. The number of hydrogen-bond acceptors (Lipinski definition) is 2. The lowest BCUT2D eigenvalue weighted by Gasteiger charge is -2.09. The van der Waals surface area contributed by atoms with Gasteiger partial charge in [-0.25, -0.2) is 0 Å². The molecule has 0 saturated heterocycles. The molecule has 0 aliphatic heterocycles. The van der Waals surface area contributed by atoms with Gasteiger partial charge in [0.2, 0.25) is 0 Å². The largest absolute Gasteiger partial charge is 0.481 e. The van der Waals surface area contributed by atoms with Crippen molar-refractivity contribution >= 4 is 11.9 Å². The van der Waals surface area contributed by atoms with Gasteiger partial charge in [-0.2, -0.15) is 0 Å². The summed E-state index contributed by atoms with van der Waals surface area (Å²) in [5.41, 5.74) is 0. The van der Waals surface area contributed by atoms with Crippen LogP contribution in [-0.4, -0.2) is 22.2 Å². The molecule has 0 rings (SSSR count). The molecule has 0 aromatic carbocycles. The highest BCUT2D eigenvalue weighted by molar-refractivity contribution is 5.77. The Morgan fingerprint density at radius 3 is 1.54 bits per heavy atom. The molecule has 0 saturated carbocycles. The monoisotopic (exact) mass is 396 g/mol. The van der Waals surface area contributed by atoms with E-state index in [-0.39, 0.29) is 6.42 Å². The average Bonchev–Trinajstić information content (AvgIpc) is 2.65. The van der Waals surface area contributed by atoms with Gasteiger partial charge in [-0.3, -0.25) is 9.59 Å². The number of carboxylic acids is 2. The Bertz CT molecular complexity index is 403. The number of unbranched alkanes of at least 4 members (excludes halogenated alkanes) is 14. The van der Waals surface area contributed by atoms with Crippen molar-refractivity contribution in [3.8, 4) is 0 Å². The summed E-state index contributed by atoms with van der Waals surface area (Å²) in [5.74, 6) is -2.73. The Morgan fingerprint density at radius 1 is 0.679 bits per heavy atom. The van der Waals surface area contributed by atoms with Crippen molar-refractivity contribution in [1.29, 1.82) is 0 Å². The van der Waals surface area contributed by atoms with Crippen LogP contribution in [0.5, 0.6) is 0 Å². The van der Waals surface area contributed by atoms with Gasteiger partial charge in [-0.15, -0.1) is 0 Å². The summed E-state index contributed by atoms with van der Waals surface area (Å²) in [4.78, 5) is 21.6. The van der Waals surface area contributed by atoms with Crippen molar-refractivity contribution in [1.82, 2.24) is 0 Å². The molecule has 1 unspecified atom stereocenters. The predicted molar refractivity (Wildman–Crippen MR) is 117 cm³/mol. The van der Waals surface area contributed by atoms with E-state index in [4.69, 9.17) is 10.2 Å². The van der Waals surface area contributed by atoms with Gasteiger partial charge in [-0.1, -0.05) is 103 Å². The normalized spacial score (nSPS) is 12.5. The molecule has 1 atom stereocenters. The maximum absolute atomic E-state index is 11.0. The Hall–Kier alpha value is -1.32. The molecule has 2 N–H and O–H groups in total. The molecule has 4 nitrogen and oxygen atoms in total. The molecule has 0 amide bonds. The lowest BCUT2D eigenvalue weighted by Crippen LogP contribution is -2.17. The Labute approximate surface area is 172 Å². The first-order valence-electron chi connectivity index (χ1n) is 11.7. The summed E-state index contributed by atoms with van der Waals surface area (Å²) in [5, 5.41) is 17.7. The van der Waals surface area contributed by atoms with Gasteiger partial charge in [0.1, 0.15) is 0 Å². The molecule has 4 heteroatoms. The van der Waals surface area contributed by atoms with Gasteiger partial charge in [0.15, 0.2) is 0 Å². The molecule has 0 aromatic rings. The second-order valence-corrected chi connectivity index (χ2v) is 8.07. The molecular weight excluding hydrogens is 352 g/mol. The summed E-state index contributed by atoms with van der Waals surface area (Å²) < 4.78 is 0. The second-order valence-electron chi connectivity index (χ2n) is 8.07. The Morgan fingerprint density at radius 2 is 1.11 bits per heavy atom. The second kappa shape index (κ2) is 20.4. The summed E-state index contributed by atoms with van der Waals surface area (Å²) >= 11 is 0. The molecule has 164 valence electrons. The van der Waals surface area contributed by atoms with Gasteiger partial charge < -0.3 is 10.2 Å². The molecule has 0 aliphatic rings. The van der Waals surface area contributed by atoms with E-state index in [9.17, 15) is 9.59 Å². The molecule has 0 aliphatic carbocycles. The van der Waals surface area contributed by atoms with Crippen molar-refractivity contribution in [2.75, 3.05) is 0 Å². The van der Waals surface area contributed by atoms with E-state index in [0.29, 0.717) is 6.42 Å². The SMILES string of the molecule is CCC/C=C/CCCCCCCCCCCCCCCC(CC(=O)O)C(=O)O. The van der Waals surface area contributed by atoms with Gasteiger partial charge >= 0.3 is 11.9 Å². The van der Waals surface area contributed by atoms with E-state index in [1.165, 1.54) is 83.5 Å². The van der Waals surface area contributed by atoms with Crippen LogP contribution in [0.4, 0.5) is 0 Å². The maximum Gasteiger partial charge on any atom is 0.307 e. The number of carboxylic acid groups (broad SMARTS) is 2. The van der Waals surface area contributed by atoms with Crippen LogP contribution in [0.3, 0.4) is 0 Å². The van der Waals surface area contributed by atoms with Crippen LogP contribution >= 0.6 is 0 Å². The molecule has 28 heavy (non-hydrogen) atoms. The predicted octanol–water partition coefficient (Wildman–Crippen LogP) is 7.37. The number of hydrogen-bond donors (Lipinski definition) is 2. The zero-order valence-electron chi connectivity index (χ0n) is 18.2. The van der Waals surface area contributed by atoms with Crippen LogP contribution in [0.2, 0.25) is 0 Å². The van der Waals surface area contributed by atoms with Crippen LogP contribution in [0.1, 0.15) is 122 Å². The quantitative estimate of drug-likeness (QED) is 0.157. The molecule has 0 radical (unpaired) electrons. The highest BCUT2D eigenvalue weighted by atomic mass is 16.4. The van der Waals surface area contributed by atoms with Crippen molar-refractivity contribution < 1.29 is 19.8 Å². The van der Waals surface area contributed by atoms with E-state index in [1.54, 1.807) is 0 Å². The van der Waals surface area contributed by atoms with Gasteiger partial charge in [0.05, 0.1) is 12.3 Å². The fourth-order valence-corrected chi connectivity index (χ4v) is 3.52. The van der Waals surface area contributed by atoms with Crippen LogP contribution in [0.25, 0.3) is 0 Å². The Kier molecular flexibility index (Phi) is 19.5. The van der Waals surface area contributed by atoms with E-state index in [1.807, 2.05) is 0 Å². The van der Waals surface area contributed by atoms with Gasteiger partial charge in [-0.05, 0) is 25.7 Å². The van der Waals surface area contributed by atoms with Gasteiger partial charge in [0, 0.05) is 0 Å². The zero-order valence-corrected chi connectivity index (χ0v) is 18.2. The standard InChI is InChI=1S/C24H44O4/c1-2-3-4-5-6-7-8-9-10-11-12-13-14-15-16-17-18-19-20-22(24(27)28)21-23(25)26/h4-5,22H,2-3,6-21H2,1H3,(H,25,26)(H,27,28)/b5-4+. The minimum Gasteiger partial charge on any atom is -0.481 e. The third-order valence-electron chi connectivity index (χ3n) is 5.32. The minimum atomic E-state index is -1.02. The summed E-state index contributed by atoms with van der Waals surface area (Å²) in [6, 6.07) is 0. The molecular formula is C24H44O4. The first-order chi connectivity index (χ1) is 13.6. The summed E-state index contributed by atoms with van der Waals surface area (Å²) in [7, 11) is 0. The summed E-state index contributed by atoms with van der Waals surface area (Å²) in [6.07, 6.45) is 24.8. The maximum atomic E-state index is 11.0. The highest BCUT2D eigenvalue weighted by Gasteiger charge is 2.20. The fraction of sp³-hybridized carbons (Fsp3) is 0.833. The van der Waals surface area contributed by atoms with Crippen molar-refractivity contribution in [3.63, 3.8) is 0 Å². The lowest BCUT2D eigenvalue weighted by molar-refractivity contribution is -0.148. The third kappa shape index (κ3) is 19.4. The smallest absolute Gasteiger partial charge is 0.307 e. The van der Waals surface area contributed by atoms with Crippen LogP contribution < -0.4 is 0 Å². The molecule has 0 bridgehead atoms. The van der Waals surface area contributed by atoms with Crippen molar-refractivity contribution in [3.05, 3.63) is 12.2 Å². The van der Waals surface area contributed by atoms with Gasteiger partial charge in [0.25, 0.3) is 0 Å². The molecule has 0 fully saturated rings. The minimum absolute atomic E-state index is 0.259. The lowest BCUT2D eigenvalue weighted by atomic mass is 9.97. The van der Waals surface area contributed by atoms with Crippen molar-refractivity contribution in [2.24, 2.45) is 5.92 Å². The third-order valence-corrected chi connectivity index (χ3v) is 5.32. The highest BCUT2D eigenvalue weighted by Crippen LogP contribution is 2.17. The fourth-order valence-electron chi connectivity index (χ4n) is 3.52. The number of allylic oxidation sites excluding steroid dienone is 2. The number of carbonyl (C=O) groups is 2. The topological polar surface area (TPSA) is 74.6 Å². The van der Waals surface area contributed by atoms with E-state index < -0.39 is 17.9 Å². The van der Waals surface area contributed by atoms with Crippen LogP contribution in [0.15, 0.2) is 12.2 Å². The van der Waals surface area contributed by atoms with Crippen LogP contribution in [-0.2, 0) is 9.59 Å². The summed E-state index contributed by atoms with van der Waals surface area (Å²) in [6.45, 7) is 2.22. The van der Waals surface area contributed by atoms with Crippen molar-refractivity contribution in [2.45, 2.75) is 122 Å².